The minimum absolute atomic E-state index is 0.200. The highest BCUT2D eigenvalue weighted by atomic mass is 16.1. The molecule has 0 aliphatic carbocycles. The van der Waals surface area contributed by atoms with Crippen molar-refractivity contribution in [2.75, 3.05) is 6.54 Å². The van der Waals surface area contributed by atoms with Gasteiger partial charge >= 0.3 is 0 Å². The molecule has 19 heavy (non-hydrogen) atoms. The van der Waals surface area contributed by atoms with Gasteiger partial charge in [0.2, 0.25) is 5.91 Å². The Bertz CT molecular complexity index is 360. The lowest BCUT2D eigenvalue weighted by Gasteiger charge is -2.05. The molecule has 0 bridgehead atoms. The van der Waals surface area contributed by atoms with Gasteiger partial charge in [0.25, 0.3) is 0 Å². The zero-order valence-corrected chi connectivity index (χ0v) is 12.2. The SMILES string of the molecule is CCCNC(=O)CCCCCCCn1c[c]nc1C. The van der Waals surface area contributed by atoms with Crippen molar-refractivity contribution < 1.29 is 4.79 Å². The molecule has 0 unspecified atom stereocenters. The molecule has 0 saturated carbocycles. The van der Waals surface area contributed by atoms with Gasteiger partial charge in [0.1, 0.15) is 12.0 Å². The summed E-state index contributed by atoms with van der Waals surface area (Å²) in [6.07, 6.45) is 12.2. The molecule has 1 aromatic heterocycles. The molecular formula is C15H26N3O. The Morgan fingerprint density at radius 2 is 2.05 bits per heavy atom. The van der Waals surface area contributed by atoms with Crippen LogP contribution in [-0.2, 0) is 11.3 Å². The number of aromatic nitrogens is 2. The number of nitrogens with one attached hydrogen (secondary N) is 1. The fourth-order valence-electron chi connectivity index (χ4n) is 2.03. The molecule has 0 aliphatic rings. The molecule has 4 nitrogen and oxygen atoms in total. The summed E-state index contributed by atoms with van der Waals surface area (Å²) in [5, 5.41) is 2.91. The van der Waals surface area contributed by atoms with E-state index in [1.165, 1.54) is 19.3 Å². The molecule has 1 radical (unpaired) electrons. The topological polar surface area (TPSA) is 46.9 Å². The van der Waals surface area contributed by atoms with Crippen LogP contribution >= 0.6 is 0 Å². The first-order valence-corrected chi connectivity index (χ1v) is 7.40. The fourth-order valence-corrected chi connectivity index (χ4v) is 2.03. The highest BCUT2D eigenvalue weighted by molar-refractivity contribution is 5.75. The maximum absolute atomic E-state index is 11.4. The largest absolute Gasteiger partial charge is 0.356 e. The Morgan fingerprint density at radius 1 is 1.32 bits per heavy atom. The standard InChI is InChI=1S/C15H26N3O/c1-3-10-17-15(19)9-7-5-4-6-8-12-18-13-11-16-14(18)2/h13H,3-10,12H2,1-2H3,(H,17,19). The van der Waals surface area contributed by atoms with Crippen molar-refractivity contribution in [3.05, 3.63) is 18.2 Å². The second-order valence-electron chi connectivity index (χ2n) is 4.98. The molecule has 107 valence electrons. The molecule has 1 heterocycles. The smallest absolute Gasteiger partial charge is 0.219 e. The van der Waals surface area contributed by atoms with Crippen molar-refractivity contribution in [1.29, 1.82) is 0 Å². The van der Waals surface area contributed by atoms with E-state index < -0.39 is 0 Å². The fraction of sp³-hybridized carbons (Fsp3) is 0.733. The summed E-state index contributed by atoms with van der Waals surface area (Å²) in [6, 6.07) is 0. The average Bonchev–Trinajstić information content (AvgIpc) is 2.81. The van der Waals surface area contributed by atoms with E-state index in [0.717, 1.165) is 38.2 Å². The van der Waals surface area contributed by atoms with Crippen molar-refractivity contribution in [1.82, 2.24) is 14.9 Å². The number of carbonyl (C=O) groups is 1. The van der Waals surface area contributed by atoms with Crippen molar-refractivity contribution in [3.8, 4) is 0 Å². The van der Waals surface area contributed by atoms with Crippen LogP contribution in [0.1, 0.15) is 57.7 Å². The quantitative estimate of drug-likeness (QED) is 0.661. The number of imidazole rings is 1. The molecule has 1 amide bonds. The van der Waals surface area contributed by atoms with E-state index in [1.807, 2.05) is 13.1 Å². The predicted octanol–water partition coefficient (Wildman–Crippen LogP) is 2.86. The molecule has 0 spiro atoms. The van der Waals surface area contributed by atoms with Gasteiger partial charge in [-0.2, -0.15) is 0 Å². The monoisotopic (exact) mass is 264 g/mol. The van der Waals surface area contributed by atoms with Crippen molar-refractivity contribution in [2.45, 2.75) is 65.3 Å². The Kier molecular flexibility index (Phi) is 7.94. The van der Waals surface area contributed by atoms with Crippen LogP contribution in [0.4, 0.5) is 0 Å². The summed E-state index contributed by atoms with van der Waals surface area (Å²) < 4.78 is 2.14. The van der Waals surface area contributed by atoms with E-state index >= 15 is 0 Å². The van der Waals surface area contributed by atoms with Crippen molar-refractivity contribution in [3.63, 3.8) is 0 Å². The van der Waals surface area contributed by atoms with E-state index in [-0.39, 0.29) is 5.91 Å². The summed E-state index contributed by atoms with van der Waals surface area (Å²) in [7, 11) is 0. The summed E-state index contributed by atoms with van der Waals surface area (Å²) >= 11 is 0. The summed E-state index contributed by atoms with van der Waals surface area (Å²) in [4.78, 5) is 15.4. The third kappa shape index (κ3) is 6.99. The Balaban J connectivity index is 1.91. The van der Waals surface area contributed by atoms with Gasteiger partial charge in [0.05, 0.1) is 0 Å². The summed E-state index contributed by atoms with van der Waals surface area (Å²) in [6.45, 7) is 5.91. The van der Waals surface area contributed by atoms with Crippen LogP contribution in [-0.4, -0.2) is 22.0 Å². The number of unbranched alkanes of at least 4 members (excludes halogenated alkanes) is 4. The Hall–Kier alpha value is -1.32. The molecule has 1 rings (SSSR count). The Labute approximate surface area is 116 Å². The van der Waals surface area contributed by atoms with Gasteiger partial charge < -0.3 is 9.88 Å². The van der Waals surface area contributed by atoms with Crippen LogP contribution in [0.5, 0.6) is 0 Å². The zero-order chi connectivity index (χ0) is 13.9. The van der Waals surface area contributed by atoms with Gasteiger partial charge in [0, 0.05) is 25.7 Å². The number of carbonyl (C=O) groups excluding carboxylic acids is 1. The number of hydrogen-bond acceptors (Lipinski definition) is 2. The van der Waals surface area contributed by atoms with E-state index in [2.05, 4.69) is 28.0 Å². The van der Waals surface area contributed by atoms with Gasteiger partial charge in [-0.25, -0.2) is 4.98 Å². The maximum atomic E-state index is 11.4. The van der Waals surface area contributed by atoms with Gasteiger partial charge in [0.15, 0.2) is 0 Å². The first-order chi connectivity index (χ1) is 9.24. The molecule has 0 fully saturated rings. The lowest BCUT2D eigenvalue weighted by Crippen LogP contribution is -2.23. The van der Waals surface area contributed by atoms with Crippen LogP contribution in [0.3, 0.4) is 0 Å². The van der Waals surface area contributed by atoms with Crippen molar-refractivity contribution in [2.24, 2.45) is 0 Å². The van der Waals surface area contributed by atoms with Crippen LogP contribution in [0.2, 0.25) is 0 Å². The van der Waals surface area contributed by atoms with Crippen LogP contribution in [0.25, 0.3) is 0 Å². The maximum Gasteiger partial charge on any atom is 0.219 e. The predicted molar refractivity (Wildman–Crippen MR) is 76.8 cm³/mol. The van der Waals surface area contributed by atoms with Gasteiger partial charge in [-0.1, -0.05) is 26.2 Å². The number of rotatable bonds is 10. The van der Waals surface area contributed by atoms with Crippen LogP contribution in [0.15, 0.2) is 6.20 Å². The highest BCUT2D eigenvalue weighted by Gasteiger charge is 2.00. The van der Waals surface area contributed by atoms with Crippen LogP contribution < -0.4 is 5.32 Å². The molecule has 0 aromatic carbocycles. The normalized spacial score (nSPS) is 10.6. The van der Waals surface area contributed by atoms with Crippen molar-refractivity contribution >= 4 is 5.91 Å². The molecule has 0 atom stereocenters. The van der Waals surface area contributed by atoms with E-state index in [0.29, 0.717) is 6.42 Å². The van der Waals surface area contributed by atoms with E-state index in [9.17, 15) is 4.79 Å². The van der Waals surface area contributed by atoms with Gasteiger partial charge in [-0.3, -0.25) is 4.79 Å². The molecular weight excluding hydrogens is 238 g/mol. The highest BCUT2D eigenvalue weighted by Crippen LogP contribution is 2.07. The van der Waals surface area contributed by atoms with Crippen LogP contribution in [0, 0.1) is 13.1 Å². The summed E-state index contributed by atoms with van der Waals surface area (Å²) in [5.74, 6) is 1.24. The first-order valence-electron chi connectivity index (χ1n) is 7.40. The second kappa shape index (κ2) is 9.59. The molecule has 4 heteroatoms. The average molecular weight is 264 g/mol. The first kappa shape index (κ1) is 15.7. The molecule has 0 saturated heterocycles. The van der Waals surface area contributed by atoms with E-state index in [4.69, 9.17) is 0 Å². The number of aryl methyl sites for hydroxylation is 2. The molecule has 0 aliphatic heterocycles. The van der Waals surface area contributed by atoms with E-state index in [1.54, 1.807) is 0 Å². The third-order valence-electron chi connectivity index (χ3n) is 3.23. The lowest BCUT2D eigenvalue weighted by molar-refractivity contribution is -0.121. The number of amides is 1. The lowest BCUT2D eigenvalue weighted by atomic mass is 10.1. The number of hydrogen-bond donors (Lipinski definition) is 1. The number of nitrogens with zero attached hydrogens (tertiary/aromatic N) is 2. The molecule has 1 N–H and O–H groups in total. The Morgan fingerprint density at radius 3 is 2.74 bits per heavy atom. The zero-order valence-electron chi connectivity index (χ0n) is 12.2. The molecule has 1 aromatic rings. The minimum Gasteiger partial charge on any atom is -0.356 e. The third-order valence-corrected chi connectivity index (χ3v) is 3.23. The van der Waals surface area contributed by atoms with Gasteiger partial charge in [-0.05, 0) is 26.2 Å². The second-order valence-corrected chi connectivity index (χ2v) is 4.98. The minimum atomic E-state index is 0.200. The summed E-state index contributed by atoms with van der Waals surface area (Å²) in [5.41, 5.74) is 0. The van der Waals surface area contributed by atoms with Gasteiger partial charge in [-0.15, -0.1) is 0 Å².